The minimum Gasteiger partial charge on any atom is -0.494 e. The van der Waals surface area contributed by atoms with Gasteiger partial charge in [0.05, 0.1) is 28.9 Å². The molecule has 9 heteroatoms. The van der Waals surface area contributed by atoms with Gasteiger partial charge in [-0.1, -0.05) is 0 Å². The van der Waals surface area contributed by atoms with Crippen molar-refractivity contribution in [1.29, 1.82) is 0 Å². The zero-order chi connectivity index (χ0) is 23.8. The van der Waals surface area contributed by atoms with Crippen LogP contribution in [0.25, 0.3) is 10.2 Å². The van der Waals surface area contributed by atoms with Gasteiger partial charge < -0.3 is 15.4 Å². The van der Waals surface area contributed by atoms with Gasteiger partial charge in [0.2, 0.25) is 0 Å². The van der Waals surface area contributed by atoms with Crippen LogP contribution < -0.4 is 15.4 Å². The van der Waals surface area contributed by atoms with Gasteiger partial charge in [-0.15, -0.1) is 11.3 Å². The molecule has 34 heavy (non-hydrogen) atoms. The second kappa shape index (κ2) is 8.83. The van der Waals surface area contributed by atoms with E-state index in [1.165, 1.54) is 24.6 Å². The number of aryl methyl sites for hydroxylation is 2. The predicted octanol–water partition coefficient (Wildman–Crippen LogP) is 5.09. The highest BCUT2D eigenvalue weighted by molar-refractivity contribution is 7.20. The van der Waals surface area contributed by atoms with E-state index < -0.39 is 0 Å². The second-order valence-corrected chi connectivity index (χ2v) is 9.24. The molecule has 1 aromatic carbocycles. The zero-order valence-corrected chi connectivity index (χ0v) is 19.8. The van der Waals surface area contributed by atoms with E-state index in [1.54, 1.807) is 36.5 Å². The molecule has 0 aliphatic heterocycles. The van der Waals surface area contributed by atoms with Crippen LogP contribution in [0.2, 0.25) is 0 Å². The van der Waals surface area contributed by atoms with E-state index in [9.17, 15) is 9.59 Å². The number of thiophene rings is 1. The Labute approximate surface area is 200 Å². The molecule has 3 aromatic heterocycles. The highest BCUT2D eigenvalue weighted by Crippen LogP contribution is 2.40. The monoisotopic (exact) mass is 473 g/mol. The van der Waals surface area contributed by atoms with Crippen LogP contribution in [0, 0.1) is 13.8 Å². The molecule has 8 nitrogen and oxygen atoms in total. The number of benzene rings is 1. The molecule has 0 saturated heterocycles. The summed E-state index contributed by atoms with van der Waals surface area (Å²) in [6, 6.07) is 8.46. The molecule has 3 heterocycles. The van der Waals surface area contributed by atoms with Crippen LogP contribution in [0.4, 0.5) is 11.4 Å². The van der Waals surface area contributed by atoms with E-state index in [-0.39, 0.29) is 11.8 Å². The summed E-state index contributed by atoms with van der Waals surface area (Å²) in [5, 5.41) is 6.70. The Morgan fingerprint density at radius 2 is 1.91 bits per heavy atom. The van der Waals surface area contributed by atoms with E-state index >= 15 is 0 Å². The first-order valence-electron chi connectivity index (χ1n) is 10.9. The minimum atomic E-state index is -0.300. The number of amides is 2. The topological polar surface area (TPSA) is 106 Å². The Hall–Kier alpha value is -3.85. The first-order chi connectivity index (χ1) is 16.4. The fourth-order valence-corrected chi connectivity index (χ4v) is 4.99. The first kappa shape index (κ1) is 22.0. The number of pyridine rings is 1. The lowest BCUT2D eigenvalue weighted by Gasteiger charge is -2.12. The molecule has 1 saturated carbocycles. The van der Waals surface area contributed by atoms with Gasteiger partial charge in [0.15, 0.2) is 0 Å². The van der Waals surface area contributed by atoms with Gasteiger partial charge in [-0.3, -0.25) is 14.6 Å². The number of nitrogens with zero attached hydrogens (tertiary/aromatic N) is 3. The molecule has 0 spiro atoms. The Bertz CT molecular complexity index is 1410. The maximum atomic E-state index is 13.1. The standard InChI is InChI=1S/C25H23N5O3S/c1-13-20-14(2)27-22(15-6-7-15)30-25(20)34-21(13)24(32)28-17-8-9-18(19(11-17)33-3)29-23(31)16-5-4-10-26-12-16/h4-5,8-12,15H,6-7H2,1-3H3,(H,28,32)(H,29,31). The SMILES string of the molecule is COc1cc(NC(=O)c2sc3nc(C4CC4)nc(C)c3c2C)ccc1NC(=O)c1cccnc1. The quantitative estimate of drug-likeness (QED) is 0.404. The fourth-order valence-electron chi connectivity index (χ4n) is 3.85. The molecule has 2 N–H and O–H groups in total. The van der Waals surface area contributed by atoms with Crippen molar-refractivity contribution >= 4 is 44.7 Å². The molecule has 172 valence electrons. The van der Waals surface area contributed by atoms with Gasteiger partial charge in [0, 0.05) is 35.5 Å². The van der Waals surface area contributed by atoms with Crippen molar-refractivity contribution in [1.82, 2.24) is 15.0 Å². The summed E-state index contributed by atoms with van der Waals surface area (Å²) in [5.41, 5.74) is 3.27. The Morgan fingerprint density at radius 1 is 1.09 bits per heavy atom. The zero-order valence-electron chi connectivity index (χ0n) is 19.0. The van der Waals surface area contributed by atoms with E-state index in [2.05, 4.69) is 20.6 Å². The normalized spacial score (nSPS) is 13.0. The number of methoxy groups -OCH3 is 1. The predicted molar refractivity (Wildman–Crippen MR) is 132 cm³/mol. The molecule has 0 radical (unpaired) electrons. The molecular formula is C25H23N5O3S. The summed E-state index contributed by atoms with van der Waals surface area (Å²) in [7, 11) is 1.51. The number of carbonyl (C=O) groups excluding carboxylic acids is 2. The third-order valence-corrected chi connectivity index (χ3v) is 6.95. The van der Waals surface area contributed by atoms with E-state index in [1.807, 2.05) is 13.8 Å². The molecule has 0 unspecified atom stereocenters. The van der Waals surface area contributed by atoms with Crippen LogP contribution >= 0.6 is 11.3 Å². The molecule has 1 aliphatic rings. The summed E-state index contributed by atoms with van der Waals surface area (Å²) in [6.45, 7) is 3.90. The van der Waals surface area contributed by atoms with Gasteiger partial charge in [-0.2, -0.15) is 0 Å². The lowest BCUT2D eigenvalue weighted by atomic mass is 10.1. The number of fused-ring (bicyclic) bond motifs is 1. The van der Waals surface area contributed by atoms with Crippen molar-refractivity contribution in [3.63, 3.8) is 0 Å². The number of hydrogen-bond acceptors (Lipinski definition) is 7. The number of aromatic nitrogens is 3. The van der Waals surface area contributed by atoms with Crippen molar-refractivity contribution in [2.24, 2.45) is 0 Å². The number of nitrogens with one attached hydrogen (secondary N) is 2. The van der Waals surface area contributed by atoms with Gasteiger partial charge in [-0.25, -0.2) is 9.97 Å². The summed E-state index contributed by atoms with van der Waals surface area (Å²) in [5.74, 6) is 1.24. The molecule has 0 bridgehead atoms. The first-order valence-corrected chi connectivity index (χ1v) is 11.7. The Morgan fingerprint density at radius 3 is 2.62 bits per heavy atom. The smallest absolute Gasteiger partial charge is 0.266 e. The third-order valence-electron chi connectivity index (χ3n) is 5.77. The van der Waals surface area contributed by atoms with Crippen molar-refractivity contribution < 1.29 is 14.3 Å². The highest BCUT2D eigenvalue weighted by atomic mass is 32.1. The molecular weight excluding hydrogens is 450 g/mol. The van der Waals surface area contributed by atoms with Crippen LogP contribution in [-0.2, 0) is 0 Å². The number of ether oxygens (including phenoxy) is 1. The molecule has 0 atom stereocenters. The molecule has 4 aromatic rings. The van der Waals surface area contributed by atoms with Crippen LogP contribution in [0.15, 0.2) is 42.7 Å². The van der Waals surface area contributed by atoms with Gasteiger partial charge in [0.25, 0.3) is 11.8 Å². The van der Waals surface area contributed by atoms with Crippen LogP contribution in [0.1, 0.15) is 55.9 Å². The van der Waals surface area contributed by atoms with E-state index in [0.717, 1.165) is 40.1 Å². The highest BCUT2D eigenvalue weighted by Gasteiger charge is 2.28. The van der Waals surface area contributed by atoms with Crippen molar-refractivity contribution in [3.8, 4) is 5.75 Å². The summed E-state index contributed by atoms with van der Waals surface area (Å²) in [6.07, 6.45) is 5.35. The van der Waals surface area contributed by atoms with Gasteiger partial charge in [-0.05, 0) is 56.5 Å². The number of rotatable bonds is 6. The summed E-state index contributed by atoms with van der Waals surface area (Å²) >= 11 is 1.39. The van der Waals surface area contributed by atoms with Crippen LogP contribution in [-0.4, -0.2) is 33.9 Å². The van der Waals surface area contributed by atoms with Gasteiger partial charge in [0.1, 0.15) is 16.4 Å². The maximum absolute atomic E-state index is 13.1. The second-order valence-electron chi connectivity index (χ2n) is 8.24. The minimum absolute atomic E-state index is 0.220. The number of carbonyl (C=O) groups is 2. The van der Waals surface area contributed by atoms with Gasteiger partial charge >= 0.3 is 0 Å². The largest absolute Gasteiger partial charge is 0.494 e. The van der Waals surface area contributed by atoms with E-state index in [0.29, 0.717) is 33.5 Å². The van der Waals surface area contributed by atoms with Crippen LogP contribution in [0.3, 0.4) is 0 Å². The Balaban J connectivity index is 1.37. The average molecular weight is 474 g/mol. The lowest BCUT2D eigenvalue weighted by molar-refractivity contribution is 0.101. The molecule has 2 amide bonds. The van der Waals surface area contributed by atoms with Crippen molar-refractivity contribution in [2.75, 3.05) is 17.7 Å². The third kappa shape index (κ3) is 4.22. The van der Waals surface area contributed by atoms with Crippen molar-refractivity contribution in [3.05, 3.63) is 70.2 Å². The molecule has 1 fully saturated rings. The summed E-state index contributed by atoms with van der Waals surface area (Å²) < 4.78 is 5.44. The molecule has 1 aliphatic carbocycles. The lowest BCUT2D eigenvalue weighted by Crippen LogP contribution is -2.14. The average Bonchev–Trinajstić information content (AvgIpc) is 3.63. The molecule has 5 rings (SSSR count). The Kier molecular flexibility index (Phi) is 5.70. The van der Waals surface area contributed by atoms with Crippen molar-refractivity contribution in [2.45, 2.75) is 32.6 Å². The number of anilines is 2. The maximum Gasteiger partial charge on any atom is 0.266 e. The number of hydrogen-bond donors (Lipinski definition) is 2. The van der Waals surface area contributed by atoms with Crippen LogP contribution in [0.5, 0.6) is 5.75 Å². The van der Waals surface area contributed by atoms with E-state index in [4.69, 9.17) is 9.72 Å². The summed E-state index contributed by atoms with van der Waals surface area (Å²) in [4.78, 5) is 40.4. The fraction of sp³-hybridized carbons (Fsp3) is 0.240.